The van der Waals surface area contributed by atoms with Gasteiger partial charge in [-0.1, -0.05) is 115 Å². The quantitative estimate of drug-likeness (QED) is 0.164. The van der Waals surface area contributed by atoms with Crippen molar-refractivity contribution in [3.05, 3.63) is 150 Å². The van der Waals surface area contributed by atoms with Crippen LogP contribution in [0.1, 0.15) is 0 Å². The van der Waals surface area contributed by atoms with Crippen LogP contribution in [0.15, 0.2) is 144 Å². The Morgan fingerprint density at radius 1 is 0.442 bits per heavy atom. The van der Waals surface area contributed by atoms with Crippen molar-refractivity contribution in [2.45, 2.75) is 0 Å². The zero-order valence-corrected chi connectivity index (χ0v) is 22.9. The van der Waals surface area contributed by atoms with Gasteiger partial charge in [0.25, 0.3) is 5.56 Å². The van der Waals surface area contributed by atoms with Gasteiger partial charge in [0.15, 0.2) is 17.5 Å². The Kier molecular flexibility index (Phi) is 5.83. The molecule has 43 heavy (non-hydrogen) atoms. The molecule has 0 aliphatic heterocycles. The normalized spacial score (nSPS) is 11.3. The summed E-state index contributed by atoms with van der Waals surface area (Å²) in [6, 6.07) is 43.6. The van der Waals surface area contributed by atoms with E-state index in [2.05, 4.69) is 12.1 Å². The van der Waals surface area contributed by atoms with Gasteiger partial charge in [0.1, 0.15) is 5.65 Å². The van der Waals surface area contributed by atoms with E-state index in [9.17, 15) is 4.79 Å². The molecular formula is C37H23N5O. The lowest BCUT2D eigenvalue weighted by Gasteiger charge is -2.13. The molecule has 202 valence electrons. The summed E-state index contributed by atoms with van der Waals surface area (Å²) >= 11 is 0. The Morgan fingerprint density at radius 2 is 0.953 bits per heavy atom. The van der Waals surface area contributed by atoms with Gasteiger partial charge in [-0.15, -0.1) is 0 Å². The van der Waals surface area contributed by atoms with Gasteiger partial charge in [-0.25, -0.2) is 19.9 Å². The molecular weight excluding hydrogens is 530 g/mol. The number of fused-ring (bicyclic) bond motifs is 4. The third kappa shape index (κ3) is 4.33. The second-order valence-electron chi connectivity index (χ2n) is 10.3. The van der Waals surface area contributed by atoms with Gasteiger partial charge in [-0.05, 0) is 29.1 Å². The molecule has 0 saturated heterocycles. The molecule has 0 spiro atoms. The number of benzene rings is 5. The van der Waals surface area contributed by atoms with Gasteiger partial charge >= 0.3 is 0 Å². The number of nitrogens with zero attached hydrogens (tertiary/aromatic N) is 5. The third-order valence-electron chi connectivity index (χ3n) is 7.66. The first kappa shape index (κ1) is 24.8. The lowest BCUT2D eigenvalue weighted by molar-refractivity contribution is 1.07. The number of hydrogen-bond acceptors (Lipinski definition) is 5. The van der Waals surface area contributed by atoms with Crippen LogP contribution in [0.2, 0.25) is 0 Å². The van der Waals surface area contributed by atoms with Crippen molar-refractivity contribution in [3.63, 3.8) is 0 Å². The Hall–Kier alpha value is -6.01. The molecule has 0 aliphatic rings. The lowest BCUT2D eigenvalue weighted by Crippen LogP contribution is -2.15. The maximum absolute atomic E-state index is 13.6. The van der Waals surface area contributed by atoms with Gasteiger partial charge < -0.3 is 0 Å². The molecule has 5 aromatic carbocycles. The number of aromatic nitrogens is 5. The van der Waals surface area contributed by atoms with E-state index in [-0.39, 0.29) is 5.56 Å². The highest BCUT2D eigenvalue weighted by Crippen LogP contribution is 2.33. The minimum absolute atomic E-state index is 0.0961. The summed E-state index contributed by atoms with van der Waals surface area (Å²) in [5, 5.41) is 2.50. The van der Waals surface area contributed by atoms with Crippen molar-refractivity contribution in [1.29, 1.82) is 0 Å². The van der Waals surface area contributed by atoms with Crippen molar-refractivity contribution in [1.82, 2.24) is 24.3 Å². The number of para-hydroxylation sites is 1. The standard InChI is InChI=1S/C37H23N5O/c43-37-30-20-9-10-21-32(30)38-36-29-19-8-7-18-28(29)31(23-42(36)37)26-16-11-17-27(22-26)35-40-33(24-12-3-1-4-13-24)39-34(41-35)25-14-5-2-6-15-25/h1-23H. The largest absolute Gasteiger partial charge is 0.268 e. The van der Waals surface area contributed by atoms with E-state index in [1.165, 1.54) is 0 Å². The van der Waals surface area contributed by atoms with Crippen LogP contribution in [-0.4, -0.2) is 24.3 Å². The number of pyridine rings is 1. The second-order valence-corrected chi connectivity index (χ2v) is 10.3. The molecule has 0 fully saturated rings. The summed E-state index contributed by atoms with van der Waals surface area (Å²) in [5.41, 5.74) is 5.77. The van der Waals surface area contributed by atoms with Crippen molar-refractivity contribution in [2.24, 2.45) is 0 Å². The molecule has 0 aliphatic carbocycles. The summed E-state index contributed by atoms with van der Waals surface area (Å²) < 4.78 is 1.66. The smallest absolute Gasteiger partial charge is 0.265 e. The first-order valence-electron chi connectivity index (χ1n) is 14.0. The average Bonchev–Trinajstić information content (AvgIpc) is 3.09. The van der Waals surface area contributed by atoms with E-state index in [1.807, 2.05) is 128 Å². The topological polar surface area (TPSA) is 73.0 Å². The average molecular weight is 554 g/mol. The predicted molar refractivity (Wildman–Crippen MR) is 172 cm³/mol. The summed E-state index contributed by atoms with van der Waals surface area (Å²) in [7, 11) is 0. The van der Waals surface area contributed by atoms with E-state index in [0.717, 1.165) is 38.6 Å². The van der Waals surface area contributed by atoms with Gasteiger partial charge in [0.2, 0.25) is 0 Å². The van der Waals surface area contributed by atoms with Crippen molar-refractivity contribution < 1.29 is 0 Å². The molecule has 8 aromatic rings. The molecule has 3 heterocycles. The molecule has 6 heteroatoms. The zero-order chi connectivity index (χ0) is 28.8. The van der Waals surface area contributed by atoms with Gasteiger partial charge in [0.05, 0.1) is 10.9 Å². The molecule has 0 radical (unpaired) electrons. The zero-order valence-electron chi connectivity index (χ0n) is 22.9. The molecule has 0 saturated carbocycles. The summed E-state index contributed by atoms with van der Waals surface area (Å²) in [6.45, 7) is 0. The van der Waals surface area contributed by atoms with E-state index >= 15 is 0 Å². The molecule has 8 rings (SSSR count). The fraction of sp³-hybridized carbons (Fsp3) is 0. The van der Waals surface area contributed by atoms with Gasteiger partial charge in [0, 0.05) is 33.8 Å². The van der Waals surface area contributed by atoms with Crippen LogP contribution >= 0.6 is 0 Å². The maximum atomic E-state index is 13.6. The molecule has 0 bridgehead atoms. The Bertz CT molecular complexity index is 2310. The molecule has 0 atom stereocenters. The van der Waals surface area contributed by atoms with E-state index in [0.29, 0.717) is 34.0 Å². The van der Waals surface area contributed by atoms with Crippen LogP contribution in [0.5, 0.6) is 0 Å². The molecule has 0 N–H and O–H groups in total. The summed E-state index contributed by atoms with van der Waals surface area (Å²) in [6.07, 6.45) is 1.90. The maximum Gasteiger partial charge on any atom is 0.265 e. The van der Waals surface area contributed by atoms with Crippen LogP contribution in [0.3, 0.4) is 0 Å². The molecule has 0 amide bonds. The monoisotopic (exact) mass is 553 g/mol. The number of rotatable bonds is 4. The SMILES string of the molecule is O=c1c2ccccc2nc2c3ccccc3c(-c3cccc(-c4nc(-c5ccccc5)nc(-c5ccccc5)n4)c3)cn12. The van der Waals surface area contributed by atoms with Crippen LogP contribution in [-0.2, 0) is 0 Å². The van der Waals surface area contributed by atoms with Gasteiger partial charge in [-0.3, -0.25) is 9.20 Å². The van der Waals surface area contributed by atoms with Crippen LogP contribution in [0, 0.1) is 0 Å². The minimum atomic E-state index is -0.0961. The van der Waals surface area contributed by atoms with E-state index < -0.39 is 0 Å². The Morgan fingerprint density at radius 3 is 1.63 bits per heavy atom. The van der Waals surface area contributed by atoms with Crippen molar-refractivity contribution in [2.75, 3.05) is 0 Å². The highest BCUT2D eigenvalue weighted by atomic mass is 16.1. The predicted octanol–water partition coefficient (Wildman–Crippen LogP) is 7.85. The fourth-order valence-corrected chi connectivity index (χ4v) is 5.56. The first-order valence-corrected chi connectivity index (χ1v) is 14.0. The van der Waals surface area contributed by atoms with Crippen LogP contribution in [0.4, 0.5) is 0 Å². The lowest BCUT2D eigenvalue weighted by atomic mass is 9.98. The summed E-state index contributed by atoms with van der Waals surface area (Å²) in [5.74, 6) is 1.79. The van der Waals surface area contributed by atoms with Crippen molar-refractivity contribution >= 4 is 27.3 Å². The van der Waals surface area contributed by atoms with E-state index in [1.54, 1.807) is 4.40 Å². The Labute approximate surface area is 246 Å². The molecule has 6 nitrogen and oxygen atoms in total. The third-order valence-corrected chi connectivity index (χ3v) is 7.66. The molecule has 0 unspecified atom stereocenters. The first-order chi connectivity index (χ1) is 21.2. The van der Waals surface area contributed by atoms with Crippen LogP contribution < -0.4 is 5.56 Å². The minimum Gasteiger partial charge on any atom is -0.268 e. The van der Waals surface area contributed by atoms with E-state index in [4.69, 9.17) is 19.9 Å². The highest BCUT2D eigenvalue weighted by molar-refractivity contribution is 6.04. The van der Waals surface area contributed by atoms with Gasteiger partial charge in [-0.2, -0.15) is 0 Å². The summed E-state index contributed by atoms with van der Waals surface area (Å²) in [4.78, 5) is 33.2. The Balaban J connectivity index is 1.35. The number of hydrogen-bond donors (Lipinski definition) is 0. The second kappa shape index (κ2) is 10.1. The highest BCUT2D eigenvalue weighted by Gasteiger charge is 2.16. The van der Waals surface area contributed by atoms with Crippen molar-refractivity contribution in [3.8, 4) is 45.3 Å². The molecule has 3 aromatic heterocycles. The fourth-order valence-electron chi connectivity index (χ4n) is 5.56. The van der Waals surface area contributed by atoms with Crippen LogP contribution in [0.25, 0.3) is 72.6 Å².